The van der Waals surface area contributed by atoms with E-state index in [1.807, 2.05) is 26.1 Å². The zero-order valence-corrected chi connectivity index (χ0v) is 26.7. The lowest BCUT2D eigenvalue weighted by Gasteiger charge is -2.42. The fourth-order valence-electron chi connectivity index (χ4n) is 6.97. The number of aromatic nitrogens is 2. The second kappa shape index (κ2) is 14.0. The van der Waals surface area contributed by atoms with Crippen molar-refractivity contribution in [1.82, 2.24) is 19.8 Å². The van der Waals surface area contributed by atoms with Gasteiger partial charge in [0.15, 0.2) is 17.3 Å². The molecular weight excluding hydrogens is 554 g/mol. The fourth-order valence-corrected chi connectivity index (χ4v) is 6.97. The molecule has 4 N–H and O–H groups in total. The number of anilines is 4. The van der Waals surface area contributed by atoms with E-state index >= 15 is 0 Å². The molecule has 5 rings (SSSR count). The van der Waals surface area contributed by atoms with Crippen LogP contribution in [0.3, 0.4) is 0 Å². The number of primary amides is 1. The lowest BCUT2D eigenvalue weighted by molar-refractivity contribution is -0.838. The number of hydrogen-bond donors (Lipinski definition) is 3. The van der Waals surface area contributed by atoms with Gasteiger partial charge in [0.05, 0.1) is 12.7 Å². The van der Waals surface area contributed by atoms with Gasteiger partial charge in [-0.05, 0) is 63.4 Å². The topological polar surface area (TPSA) is 120 Å². The van der Waals surface area contributed by atoms with Gasteiger partial charge in [-0.25, -0.2) is 20.2 Å². The van der Waals surface area contributed by atoms with Crippen molar-refractivity contribution in [3.8, 4) is 0 Å². The van der Waals surface area contributed by atoms with Crippen LogP contribution in [0.15, 0.2) is 36.9 Å². The number of nitrogens with two attached hydrogens (primary N) is 1. The van der Waals surface area contributed by atoms with Crippen LogP contribution < -0.4 is 21.4 Å². The van der Waals surface area contributed by atoms with Crippen LogP contribution in [-0.2, 0) is 11.2 Å². The Kier molecular flexibility index (Phi) is 10.2. The molecule has 0 radical (unpaired) electrons. The predicted octanol–water partition coefficient (Wildman–Crippen LogP) is 3.92. The second-order valence-electron chi connectivity index (χ2n) is 12.7. The number of amides is 2. The van der Waals surface area contributed by atoms with Gasteiger partial charge < -0.3 is 20.9 Å². The first-order valence-electron chi connectivity index (χ1n) is 16.3. The maximum atomic E-state index is 13.2. The Hall–Kier alpha value is -3.54. The number of piperazine rings is 1. The zero-order chi connectivity index (χ0) is 31.3. The van der Waals surface area contributed by atoms with E-state index in [0.29, 0.717) is 24.0 Å². The highest BCUT2D eigenvalue weighted by molar-refractivity contribution is 5.96. The van der Waals surface area contributed by atoms with Crippen LogP contribution in [0.2, 0.25) is 0 Å². The summed E-state index contributed by atoms with van der Waals surface area (Å²) in [6.07, 6.45) is 9.43. The van der Waals surface area contributed by atoms with Crippen LogP contribution in [0.4, 0.5) is 23.0 Å². The molecule has 2 aliphatic heterocycles. The van der Waals surface area contributed by atoms with Crippen LogP contribution >= 0.6 is 0 Å². The Morgan fingerprint density at radius 3 is 2.23 bits per heavy atom. The molecule has 1 unspecified atom stereocenters. The largest absolute Gasteiger partial charge is 0.371 e. The molecule has 238 valence electrons. The minimum absolute atomic E-state index is 0.0409. The Labute approximate surface area is 262 Å². The van der Waals surface area contributed by atoms with E-state index in [-0.39, 0.29) is 28.1 Å². The van der Waals surface area contributed by atoms with Crippen molar-refractivity contribution < 1.29 is 14.2 Å². The van der Waals surface area contributed by atoms with E-state index < -0.39 is 5.91 Å². The molecule has 11 heteroatoms. The average molecular weight is 605 g/mol. The molecule has 2 amide bonds. The number of piperidine rings is 1. The lowest BCUT2D eigenvalue weighted by atomic mass is 9.93. The molecule has 2 saturated heterocycles. The molecule has 3 fully saturated rings. The SMILES string of the molecule is C=CC(=O)[N+](C)(Nc1nc(Nc2ccc(N3CCC(N4CCN(C)CC4)CC3)cc2)c(C(N)=O)nc1CC)C1CCCCC1. The van der Waals surface area contributed by atoms with Gasteiger partial charge in [0.1, 0.15) is 6.04 Å². The van der Waals surface area contributed by atoms with Crippen LogP contribution in [-0.4, -0.2) is 102 Å². The van der Waals surface area contributed by atoms with Crippen LogP contribution in [0, 0.1) is 0 Å². The molecular formula is C33H50N9O2+. The first-order chi connectivity index (χ1) is 21.2. The molecule has 2 aromatic rings. The van der Waals surface area contributed by atoms with Crippen molar-refractivity contribution in [3.05, 3.63) is 48.3 Å². The lowest BCUT2D eigenvalue weighted by Crippen LogP contribution is -2.60. The summed E-state index contributed by atoms with van der Waals surface area (Å²) in [6.45, 7) is 12.4. The summed E-state index contributed by atoms with van der Waals surface area (Å²) < 4.78 is -0.0409. The van der Waals surface area contributed by atoms with Crippen molar-refractivity contribution >= 4 is 34.8 Å². The number of benzene rings is 1. The number of nitrogens with one attached hydrogen (secondary N) is 2. The standard InChI is InChI=1S/C33H49N9O2/c1-5-28-32(38-42(4,29(43)6-2)27-10-8-7-9-11-27)37-33(30(36-28)31(34)44)35-24-12-14-25(15-13-24)40-18-16-26(17-19-40)41-22-20-39(3)21-23-41/h6,12-15,26-27H,2,5,7-11,16-23H2,1,3-4H3,(H3-,34,35,37,38,44)/p+1. The molecule has 44 heavy (non-hydrogen) atoms. The Morgan fingerprint density at radius 2 is 1.64 bits per heavy atom. The predicted molar refractivity (Wildman–Crippen MR) is 176 cm³/mol. The van der Waals surface area contributed by atoms with Crippen LogP contribution in [0.5, 0.6) is 0 Å². The maximum Gasteiger partial charge on any atom is 0.362 e. The van der Waals surface area contributed by atoms with Crippen molar-refractivity contribution in [2.75, 3.05) is 69.0 Å². The van der Waals surface area contributed by atoms with Crippen molar-refractivity contribution in [1.29, 1.82) is 0 Å². The number of rotatable bonds is 10. The van der Waals surface area contributed by atoms with Gasteiger partial charge in [0.25, 0.3) is 5.91 Å². The number of hydrogen-bond acceptors (Lipinski definition) is 9. The van der Waals surface area contributed by atoms with E-state index in [2.05, 4.69) is 56.2 Å². The van der Waals surface area contributed by atoms with Gasteiger partial charge in [0.2, 0.25) is 0 Å². The second-order valence-corrected chi connectivity index (χ2v) is 12.7. The molecule has 11 nitrogen and oxygen atoms in total. The van der Waals surface area contributed by atoms with Gasteiger partial charge in [-0.15, -0.1) is 0 Å². The quantitative estimate of drug-likeness (QED) is 0.211. The third-order valence-electron chi connectivity index (χ3n) is 9.83. The third kappa shape index (κ3) is 7.06. The number of quaternary nitrogens is 1. The summed E-state index contributed by atoms with van der Waals surface area (Å²) in [5, 5.41) is 3.28. The van der Waals surface area contributed by atoms with Crippen LogP contribution in [0.1, 0.15) is 68.1 Å². The molecule has 1 atom stereocenters. The van der Waals surface area contributed by atoms with E-state index in [9.17, 15) is 9.59 Å². The van der Waals surface area contributed by atoms with Gasteiger partial charge in [-0.3, -0.25) is 9.69 Å². The highest BCUT2D eigenvalue weighted by Gasteiger charge is 2.41. The van der Waals surface area contributed by atoms with E-state index in [1.54, 1.807) is 0 Å². The van der Waals surface area contributed by atoms with E-state index in [0.717, 1.165) is 70.6 Å². The number of carbonyl (C=O) groups excluding carboxylic acids is 2. The Bertz CT molecular complexity index is 1310. The minimum atomic E-state index is -0.659. The summed E-state index contributed by atoms with van der Waals surface area (Å²) in [5.74, 6) is -0.0625. The Balaban J connectivity index is 1.32. The molecule has 0 spiro atoms. The molecule has 1 saturated carbocycles. The van der Waals surface area contributed by atoms with Gasteiger partial charge in [-0.1, -0.05) is 19.9 Å². The van der Waals surface area contributed by atoms with Gasteiger partial charge >= 0.3 is 5.91 Å². The molecule has 0 bridgehead atoms. The molecule has 1 aliphatic carbocycles. The Morgan fingerprint density at radius 1 is 0.977 bits per heavy atom. The van der Waals surface area contributed by atoms with Crippen molar-refractivity contribution in [3.63, 3.8) is 0 Å². The number of carbonyl (C=O) groups is 2. The molecule has 1 aromatic heterocycles. The van der Waals surface area contributed by atoms with Gasteiger partial charge in [-0.2, -0.15) is 4.59 Å². The van der Waals surface area contributed by atoms with Crippen molar-refractivity contribution in [2.45, 2.75) is 70.4 Å². The number of aryl methyl sites for hydroxylation is 1. The summed E-state index contributed by atoms with van der Waals surface area (Å²) in [5.41, 5.74) is 11.8. The third-order valence-corrected chi connectivity index (χ3v) is 9.83. The molecule has 1 aromatic carbocycles. The number of likely N-dealkylation sites (N-methyl/N-ethyl adjacent to an activating group) is 2. The zero-order valence-electron chi connectivity index (χ0n) is 26.7. The molecule has 3 heterocycles. The molecule has 3 aliphatic rings. The highest BCUT2D eigenvalue weighted by Crippen LogP contribution is 2.31. The monoisotopic (exact) mass is 604 g/mol. The normalized spacial score (nSPS) is 20.6. The van der Waals surface area contributed by atoms with E-state index in [4.69, 9.17) is 10.7 Å². The van der Waals surface area contributed by atoms with Crippen molar-refractivity contribution in [2.24, 2.45) is 5.73 Å². The summed E-state index contributed by atoms with van der Waals surface area (Å²) in [6, 6.07) is 8.97. The summed E-state index contributed by atoms with van der Waals surface area (Å²) >= 11 is 0. The highest BCUT2D eigenvalue weighted by atomic mass is 16.2. The first-order valence-corrected chi connectivity index (χ1v) is 16.3. The van der Waals surface area contributed by atoms with E-state index in [1.165, 1.54) is 31.0 Å². The summed E-state index contributed by atoms with van der Waals surface area (Å²) in [7, 11) is 4.08. The maximum absolute atomic E-state index is 13.2. The minimum Gasteiger partial charge on any atom is -0.371 e. The van der Waals surface area contributed by atoms with Gasteiger partial charge in [0, 0.05) is 75.6 Å². The smallest absolute Gasteiger partial charge is 0.362 e. The average Bonchev–Trinajstić information content (AvgIpc) is 3.05. The number of nitrogens with zero attached hydrogens (tertiary/aromatic N) is 6. The first kappa shape index (κ1) is 31.9. The fraction of sp³-hybridized carbons (Fsp3) is 0.576. The van der Waals surface area contributed by atoms with Crippen LogP contribution in [0.25, 0.3) is 0 Å². The summed E-state index contributed by atoms with van der Waals surface area (Å²) in [4.78, 5) is 42.6.